The summed E-state index contributed by atoms with van der Waals surface area (Å²) in [5.74, 6) is -0.470. The van der Waals surface area contributed by atoms with E-state index in [0.717, 1.165) is 11.1 Å². The predicted molar refractivity (Wildman–Crippen MR) is 103 cm³/mol. The summed E-state index contributed by atoms with van der Waals surface area (Å²) >= 11 is 0. The van der Waals surface area contributed by atoms with Gasteiger partial charge in [0.15, 0.2) is 0 Å². The van der Waals surface area contributed by atoms with Gasteiger partial charge in [-0.3, -0.25) is 14.3 Å². The van der Waals surface area contributed by atoms with Crippen molar-refractivity contribution in [2.24, 2.45) is 7.05 Å². The van der Waals surface area contributed by atoms with Crippen LogP contribution < -0.4 is 5.32 Å². The predicted octanol–water partition coefficient (Wildman–Crippen LogP) is 2.55. The number of carbonyl (C=O) groups excluding carboxylic acids is 2. The molecule has 1 heterocycles. The molecule has 0 unspecified atom stereocenters. The number of aryl methyl sites for hydroxylation is 1. The lowest BCUT2D eigenvalue weighted by Crippen LogP contribution is -2.41. The molecule has 1 N–H and O–H groups in total. The van der Waals surface area contributed by atoms with Crippen LogP contribution in [0.5, 0.6) is 0 Å². The average Bonchev–Trinajstić information content (AvgIpc) is 3.11. The SMILES string of the molecule is CN(Cc1cnn(C)c1)C(=O)[C@@H](NC(=O)c1ccccc1)c1ccccc1. The molecular weight excluding hydrogens is 340 g/mol. The first-order chi connectivity index (χ1) is 13.0. The number of amides is 2. The van der Waals surface area contributed by atoms with Crippen LogP contribution in [0.4, 0.5) is 0 Å². The molecule has 1 atom stereocenters. The number of likely N-dealkylation sites (N-methyl/N-ethyl adjacent to an activating group) is 1. The highest BCUT2D eigenvalue weighted by Crippen LogP contribution is 2.17. The summed E-state index contributed by atoms with van der Waals surface area (Å²) in [5.41, 5.74) is 2.18. The van der Waals surface area contributed by atoms with E-state index in [0.29, 0.717) is 12.1 Å². The van der Waals surface area contributed by atoms with Gasteiger partial charge < -0.3 is 10.2 Å². The van der Waals surface area contributed by atoms with Gasteiger partial charge >= 0.3 is 0 Å². The van der Waals surface area contributed by atoms with Crippen LogP contribution >= 0.6 is 0 Å². The van der Waals surface area contributed by atoms with Crippen molar-refractivity contribution in [3.8, 4) is 0 Å². The Morgan fingerprint density at radius 2 is 1.70 bits per heavy atom. The summed E-state index contributed by atoms with van der Waals surface area (Å²) in [6.45, 7) is 0.414. The first-order valence-electron chi connectivity index (χ1n) is 8.68. The maximum Gasteiger partial charge on any atom is 0.252 e. The van der Waals surface area contributed by atoms with Crippen molar-refractivity contribution in [1.82, 2.24) is 20.0 Å². The minimum absolute atomic E-state index is 0.186. The molecular formula is C21H22N4O2. The number of hydrogen-bond acceptors (Lipinski definition) is 3. The van der Waals surface area contributed by atoms with Crippen molar-refractivity contribution < 1.29 is 9.59 Å². The van der Waals surface area contributed by atoms with Gasteiger partial charge in [0.05, 0.1) is 6.20 Å². The van der Waals surface area contributed by atoms with Crippen LogP contribution in [0.1, 0.15) is 27.5 Å². The van der Waals surface area contributed by atoms with Crippen LogP contribution in [0, 0.1) is 0 Å². The molecule has 0 saturated carbocycles. The molecule has 0 spiro atoms. The molecule has 3 rings (SSSR count). The Morgan fingerprint density at radius 1 is 1.07 bits per heavy atom. The zero-order valence-corrected chi connectivity index (χ0v) is 15.4. The van der Waals surface area contributed by atoms with E-state index in [1.165, 1.54) is 0 Å². The van der Waals surface area contributed by atoms with E-state index in [4.69, 9.17) is 0 Å². The molecule has 0 radical (unpaired) electrons. The Balaban J connectivity index is 1.81. The fourth-order valence-corrected chi connectivity index (χ4v) is 2.86. The maximum absolute atomic E-state index is 13.1. The first-order valence-corrected chi connectivity index (χ1v) is 8.68. The van der Waals surface area contributed by atoms with E-state index in [-0.39, 0.29) is 11.8 Å². The van der Waals surface area contributed by atoms with E-state index >= 15 is 0 Å². The Morgan fingerprint density at radius 3 is 2.30 bits per heavy atom. The minimum Gasteiger partial charge on any atom is -0.339 e. The van der Waals surface area contributed by atoms with E-state index in [1.54, 1.807) is 47.1 Å². The molecule has 138 valence electrons. The quantitative estimate of drug-likeness (QED) is 0.733. The van der Waals surface area contributed by atoms with Crippen LogP contribution in [-0.2, 0) is 18.4 Å². The van der Waals surface area contributed by atoms with Crippen LogP contribution in [0.2, 0.25) is 0 Å². The van der Waals surface area contributed by atoms with Crippen LogP contribution in [0.25, 0.3) is 0 Å². The Hall–Kier alpha value is -3.41. The van der Waals surface area contributed by atoms with E-state index in [9.17, 15) is 9.59 Å². The molecule has 6 heteroatoms. The summed E-state index contributed by atoms with van der Waals surface area (Å²) in [5, 5.41) is 7.00. The lowest BCUT2D eigenvalue weighted by atomic mass is 10.0. The summed E-state index contributed by atoms with van der Waals surface area (Å²) in [7, 11) is 3.55. The molecule has 3 aromatic rings. The van der Waals surface area contributed by atoms with Gasteiger partial charge in [0, 0.05) is 38.0 Å². The van der Waals surface area contributed by atoms with Gasteiger partial charge in [-0.15, -0.1) is 0 Å². The second-order valence-corrected chi connectivity index (χ2v) is 6.40. The van der Waals surface area contributed by atoms with Crippen molar-refractivity contribution in [2.45, 2.75) is 12.6 Å². The van der Waals surface area contributed by atoms with Crippen molar-refractivity contribution in [3.05, 3.63) is 89.7 Å². The average molecular weight is 362 g/mol. The van der Waals surface area contributed by atoms with Gasteiger partial charge in [-0.2, -0.15) is 5.10 Å². The van der Waals surface area contributed by atoms with Gasteiger partial charge in [-0.05, 0) is 17.7 Å². The Labute approximate surface area is 158 Å². The maximum atomic E-state index is 13.1. The van der Waals surface area contributed by atoms with Crippen LogP contribution in [-0.4, -0.2) is 33.5 Å². The molecule has 0 saturated heterocycles. The normalized spacial score (nSPS) is 11.6. The number of hydrogen-bond donors (Lipinski definition) is 1. The van der Waals surface area contributed by atoms with Gasteiger partial charge in [0.25, 0.3) is 5.91 Å². The van der Waals surface area contributed by atoms with Crippen molar-refractivity contribution in [1.29, 1.82) is 0 Å². The van der Waals surface area contributed by atoms with E-state index < -0.39 is 6.04 Å². The van der Waals surface area contributed by atoms with Gasteiger partial charge in [0.2, 0.25) is 5.91 Å². The smallest absolute Gasteiger partial charge is 0.252 e. The zero-order valence-electron chi connectivity index (χ0n) is 15.4. The number of nitrogens with zero attached hydrogens (tertiary/aromatic N) is 3. The molecule has 6 nitrogen and oxygen atoms in total. The molecule has 1 aromatic heterocycles. The van der Waals surface area contributed by atoms with Crippen molar-refractivity contribution >= 4 is 11.8 Å². The van der Waals surface area contributed by atoms with Gasteiger partial charge in [-0.25, -0.2) is 0 Å². The second kappa shape index (κ2) is 8.31. The Bertz CT molecular complexity index is 906. The summed E-state index contributed by atoms with van der Waals surface area (Å²) in [6.07, 6.45) is 3.59. The zero-order chi connectivity index (χ0) is 19.2. The molecule has 0 fully saturated rings. The summed E-state index contributed by atoms with van der Waals surface area (Å²) in [4.78, 5) is 27.3. The van der Waals surface area contributed by atoms with Gasteiger partial charge in [-0.1, -0.05) is 48.5 Å². The summed E-state index contributed by atoms with van der Waals surface area (Å²) < 4.78 is 1.69. The molecule has 0 bridgehead atoms. The lowest BCUT2D eigenvalue weighted by molar-refractivity contribution is -0.132. The molecule has 27 heavy (non-hydrogen) atoms. The topological polar surface area (TPSA) is 67.2 Å². The molecule has 0 aliphatic rings. The van der Waals surface area contributed by atoms with E-state index in [2.05, 4.69) is 10.4 Å². The number of nitrogens with one attached hydrogen (secondary N) is 1. The Kier molecular flexibility index (Phi) is 5.66. The molecule has 0 aliphatic heterocycles. The highest BCUT2D eigenvalue weighted by atomic mass is 16.2. The van der Waals surface area contributed by atoms with Crippen molar-refractivity contribution in [2.75, 3.05) is 7.05 Å². The number of benzene rings is 2. The largest absolute Gasteiger partial charge is 0.339 e. The highest BCUT2D eigenvalue weighted by Gasteiger charge is 2.26. The molecule has 0 aliphatic carbocycles. The number of carbonyl (C=O) groups is 2. The monoisotopic (exact) mass is 362 g/mol. The number of rotatable bonds is 6. The fraction of sp³-hybridized carbons (Fsp3) is 0.190. The summed E-state index contributed by atoms with van der Waals surface area (Å²) in [6, 6.07) is 17.4. The minimum atomic E-state index is -0.763. The highest BCUT2D eigenvalue weighted by molar-refractivity contribution is 5.97. The second-order valence-electron chi connectivity index (χ2n) is 6.40. The third-order valence-electron chi connectivity index (χ3n) is 4.25. The lowest BCUT2D eigenvalue weighted by Gasteiger charge is -2.24. The molecule has 2 aromatic carbocycles. The van der Waals surface area contributed by atoms with Crippen LogP contribution in [0.3, 0.4) is 0 Å². The standard InChI is InChI=1S/C21H22N4O2/c1-24(14-16-13-22-25(2)15-16)21(27)19(17-9-5-3-6-10-17)23-20(26)18-11-7-4-8-12-18/h3-13,15,19H,14H2,1-2H3,(H,23,26)/t19-/m0/s1. The van der Waals surface area contributed by atoms with Gasteiger partial charge in [0.1, 0.15) is 6.04 Å². The van der Waals surface area contributed by atoms with E-state index in [1.807, 2.05) is 49.6 Å². The molecule has 2 amide bonds. The first kappa shape index (κ1) is 18.4. The fourth-order valence-electron chi connectivity index (χ4n) is 2.86. The third-order valence-corrected chi connectivity index (χ3v) is 4.25. The third kappa shape index (κ3) is 4.61. The van der Waals surface area contributed by atoms with Crippen LogP contribution in [0.15, 0.2) is 73.1 Å². The van der Waals surface area contributed by atoms with Crippen molar-refractivity contribution in [3.63, 3.8) is 0 Å². The number of aromatic nitrogens is 2.